The summed E-state index contributed by atoms with van der Waals surface area (Å²) in [7, 11) is 3.56. The van der Waals surface area contributed by atoms with Crippen molar-refractivity contribution in [1.29, 1.82) is 0 Å². The minimum Gasteiger partial charge on any atom is -0.481 e. The van der Waals surface area contributed by atoms with Gasteiger partial charge < -0.3 is 9.64 Å². The lowest BCUT2D eigenvalue weighted by Crippen LogP contribution is -2.37. The molecule has 0 atom stereocenters. The Bertz CT molecular complexity index is 484. The molecule has 2 rings (SSSR count). The van der Waals surface area contributed by atoms with Crippen molar-refractivity contribution in [3.05, 3.63) is 11.8 Å². The second-order valence-electron chi connectivity index (χ2n) is 5.91. The van der Waals surface area contributed by atoms with Crippen LogP contribution in [-0.2, 0) is 18.4 Å². The Hall–Kier alpha value is -1.56. The number of hydrogen-bond acceptors (Lipinski definition) is 4. The summed E-state index contributed by atoms with van der Waals surface area (Å²) in [6.45, 7) is 8.31. The molecule has 1 aromatic rings. The Morgan fingerprint density at radius 1 is 1.33 bits per heavy atom. The van der Waals surface area contributed by atoms with E-state index >= 15 is 0 Å². The molecule has 0 aromatic carbocycles. The van der Waals surface area contributed by atoms with Gasteiger partial charge in [-0.3, -0.25) is 9.69 Å². The number of aryl methyl sites for hydroxylation is 1. The number of aromatic nitrogens is 2. The number of rotatable bonds is 4. The molecule has 1 amide bonds. The third-order valence-electron chi connectivity index (χ3n) is 3.94. The van der Waals surface area contributed by atoms with Crippen molar-refractivity contribution in [2.24, 2.45) is 13.0 Å². The topological polar surface area (TPSA) is 50.6 Å². The molecule has 6 nitrogen and oxygen atoms in total. The van der Waals surface area contributed by atoms with Crippen LogP contribution in [0.2, 0.25) is 0 Å². The highest BCUT2D eigenvalue weighted by molar-refractivity contribution is 5.78. The molecule has 6 heteroatoms. The molecule has 1 saturated heterocycles. The maximum atomic E-state index is 12.1. The van der Waals surface area contributed by atoms with E-state index in [1.54, 1.807) is 11.8 Å². The van der Waals surface area contributed by atoms with Crippen LogP contribution in [0.25, 0.3) is 0 Å². The van der Waals surface area contributed by atoms with Crippen LogP contribution in [0.1, 0.15) is 25.8 Å². The molecule has 118 valence electrons. The van der Waals surface area contributed by atoms with Gasteiger partial charge in [0.15, 0.2) is 0 Å². The van der Waals surface area contributed by atoms with E-state index in [1.807, 2.05) is 32.0 Å². The Balaban J connectivity index is 1.95. The fourth-order valence-electron chi connectivity index (χ4n) is 2.80. The zero-order valence-corrected chi connectivity index (χ0v) is 13.5. The van der Waals surface area contributed by atoms with E-state index < -0.39 is 0 Å². The molecule has 0 aliphatic carbocycles. The second-order valence-corrected chi connectivity index (χ2v) is 5.91. The number of hydrogen-bond donors (Lipinski definition) is 0. The lowest BCUT2D eigenvalue weighted by Gasteiger charge is -2.23. The van der Waals surface area contributed by atoms with Crippen LogP contribution in [0.15, 0.2) is 6.20 Å². The van der Waals surface area contributed by atoms with E-state index in [1.165, 1.54) is 0 Å². The molecular weight excluding hydrogens is 268 g/mol. The van der Waals surface area contributed by atoms with Gasteiger partial charge in [0.1, 0.15) is 0 Å². The number of nitrogens with zero attached hydrogens (tertiary/aromatic N) is 4. The first-order valence-corrected chi connectivity index (χ1v) is 7.59. The van der Waals surface area contributed by atoms with E-state index in [0.717, 1.165) is 50.6 Å². The molecule has 0 spiro atoms. The van der Waals surface area contributed by atoms with Gasteiger partial charge >= 0.3 is 0 Å². The molecule has 0 N–H and O–H groups in total. The van der Waals surface area contributed by atoms with Crippen LogP contribution in [-0.4, -0.2) is 58.8 Å². The lowest BCUT2D eigenvalue weighted by molar-refractivity contribution is -0.134. The summed E-state index contributed by atoms with van der Waals surface area (Å²) in [5.41, 5.74) is 1.10. The molecule has 1 aromatic heterocycles. The first-order chi connectivity index (χ1) is 10.0. The zero-order valence-electron chi connectivity index (χ0n) is 13.5. The molecule has 1 fully saturated rings. The van der Waals surface area contributed by atoms with E-state index in [2.05, 4.69) is 10.00 Å². The molecule has 1 aliphatic rings. The number of carbonyl (C=O) groups excluding carboxylic acids is 1. The van der Waals surface area contributed by atoms with Crippen molar-refractivity contribution in [3.63, 3.8) is 0 Å². The van der Waals surface area contributed by atoms with Crippen LogP contribution in [0.3, 0.4) is 0 Å². The van der Waals surface area contributed by atoms with Crippen LogP contribution in [0.4, 0.5) is 0 Å². The van der Waals surface area contributed by atoms with E-state index in [4.69, 9.17) is 4.74 Å². The SMILES string of the molecule is COc1c(CN2CCCN(C(=O)C(C)C)CC2)cnn1C. The predicted octanol–water partition coefficient (Wildman–Crippen LogP) is 1.12. The number of carbonyl (C=O) groups is 1. The van der Waals surface area contributed by atoms with Crippen LogP contribution in [0.5, 0.6) is 5.88 Å². The first-order valence-electron chi connectivity index (χ1n) is 7.59. The maximum absolute atomic E-state index is 12.1. The molecule has 0 radical (unpaired) electrons. The average molecular weight is 294 g/mol. The van der Waals surface area contributed by atoms with Crippen molar-refractivity contribution in [3.8, 4) is 5.88 Å². The smallest absolute Gasteiger partial charge is 0.225 e. The standard InChI is InChI=1S/C15H26N4O2/c1-12(2)14(20)19-7-5-6-18(8-9-19)11-13-10-16-17(3)15(13)21-4/h10,12H,5-9,11H2,1-4H3. The van der Waals surface area contributed by atoms with Gasteiger partial charge in [-0.2, -0.15) is 5.10 Å². The Morgan fingerprint density at radius 3 is 2.76 bits per heavy atom. The Labute approximate surface area is 126 Å². The molecule has 0 unspecified atom stereocenters. The second kappa shape index (κ2) is 6.93. The fourth-order valence-corrected chi connectivity index (χ4v) is 2.80. The van der Waals surface area contributed by atoms with Gasteiger partial charge in [0.25, 0.3) is 0 Å². The highest BCUT2D eigenvalue weighted by atomic mass is 16.5. The van der Waals surface area contributed by atoms with Gasteiger partial charge in [0.2, 0.25) is 11.8 Å². The molecule has 0 bridgehead atoms. The lowest BCUT2D eigenvalue weighted by atomic mass is 10.2. The van der Waals surface area contributed by atoms with Crippen LogP contribution >= 0.6 is 0 Å². The maximum Gasteiger partial charge on any atom is 0.225 e. The average Bonchev–Trinajstić information content (AvgIpc) is 2.66. The van der Waals surface area contributed by atoms with Gasteiger partial charge in [-0.25, -0.2) is 4.68 Å². The number of methoxy groups -OCH3 is 1. The van der Waals surface area contributed by atoms with Crippen molar-refractivity contribution >= 4 is 5.91 Å². The Kier molecular flexibility index (Phi) is 5.22. The molecule has 21 heavy (non-hydrogen) atoms. The Morgan fingerprint density at radius 2 is 2.10 bits per heavy atom. The highest BCUT2D eigenvalue weighted by Gasteiger charge is 2.22. The summed E-state index contributed by atoms with van der Waals surface area (Å²) in [6.07, 6.45) is 2.88. The van der Waals surface area contributed by atoms with Crippen molar-refractivity contribution in [2.45, 2.75) is 26.8 Å². The molecule has 1 aliphatic heterocycles. The first kappa shape index (κ1) is 15.8. The van der Waals surface area contributed by atoms with Crippen LogP contribution < -0.4 is 4.74 Å². The third kappa shape index (κ3) is 3.75. The zero-order chi connectivity index (χ0) is 15.4. The minimum atomic E-state index is 0.0787. The van der Waals surface area contributed by atoms with Gasteiger partial charge in [0, 0.05) is 51.3 Å². The normalized spacial score (nSPS) is 17.1. The summed E-state index contributed by atoms with van der Waals surface area (Å²) < 4.78 is 7.14. The van der Waals surface area contributed by atoms with Gasteiger partial charge in [0.05, 0.1) is 13.3 Å². The summed E-state index contributed by atoms with van der Waals surface area (Å²) in [5.74, 6) is 1.15. The monoisotopic (exact) mass is 294 g/mol. The van der Waals surface area contributed by atoms with Crippen molar-refractivity contribution in [2.75, 3.05) is 33.3 Å². The fraction of sp³-hybridized carbons (Fsp3) is 0.733. The molecule has 2 heterocycles. The van der Waals surface area contributed by atoms with E-state index in [0.29, 0.717) is 0 Å². The van der Waals surface area contributed by atoms with Gasteiger partial charge in [-0.15, -0.1) is 0 Å². The summed E-state index contributed by atoms with van der Waals surface area (Å²) in [5, 5.41) is 4.24. The summed E-state index contributed by atoms with van der Waals surface area (Å²) >= 11 is 0. The predicted molar refractivity (Wildman–Crippen MR) is 81.1 cm³/mol. The highest BCUT2D eigenvalue weighted by Crippen LogP contribution is 2.19. The largest absolute Gasteiger partial charge is 0.481 e. The molecular formula is C15H26N4O2. The molecule has 0 saturated carbocycles. The van der Waals surface area contributed by atoms with Gasteiger partial charge in [-0.05, 0) is 6.42 Å². The van der Waals surface area contributed by atoms with Crippen molar-refractivity contribution < 1.29 is 9.53 Å². The third-order valence-corrected chi connectivity index (χ3v) is 3.94. The number of amides is 1. The van der Waals surface area contributed by atoms with Crippen LogP contribution in [0, 0.1) is 5.92 Å². The van der Waals surface area contributed by atoms with E-state index in [-0.39, 0.29) is 11.8 Å². The van der Waals surface area contributed by atoms with Crippen molar-refractivity contribution in [1.82, 2.24) is 19.6 Å². The van der Waals surface area contributed by atoms with E-state index in [9.17, 15) is 4.79 Å². The van der Waals surface area contributed by atoms with Gasteiger partial charge in [-0.1, -0.05) is 13.8 Å². The minimum absolute atomic E-state index is 0.0787. The quantitative estimate of drug-likeness (QED) is 0.835. The summed E-state index contributed by atoms with van der Waals surface area (Å²) in [4.78, 5) is 16.5. The summed E-state index contributed by atoms with van der Waals surface area (Å²) in [6, 6.07) is 0. The number of ether oxygens (including phenoxy) is 1.